The summed E-state index contributed by atoms with van der Waals surface area (Å²) in [5, 5.41) is 39.9. The van der Waals surface area contributed by atoms with Crippen molar-refractivity contribution in [3.63, 3.8) is 0 Å². The maximum Gasteiger partial charge on any atom is 0.335 e. The summed E-state index contributed by atoms with van der Waals surface area (Å²) in [6.45, 7) is 3.72. The molecule has 0 saturated carbocycles. The van der Waals surface area contributed by atoms with Crippen LogP contribution in [0.25, 0.3) is 0 Å². The van der Waals surface area contributed by atoms with Gasteiger partial charge in [0, 0.05) is 12.8 Å². The molecule has 0 amide bonds. The average molecular weight is 905 g/mol. The van der Waals surface area contributed by atoms with Gasteiger partial charge >= 0.3 is 17.9 Å². The van der Waals surface area contributed by atoms with Crippen LogP contribution in [0.2, 0.25) is 0 Å². The van der Waals surface area contributed by atoms with Crippen molar-refractivity contribution in [1.82, 2.24) is 0 Å². The van der Waals surface area contributed by atoms with E-state index >= 15 is 0 Å². The molecule has 1 heterocycles. The molecule has 1 fully saturated rings. The van der Waals surface area contributed by atoms with E-state index in [1.165, 1.54) is 109 Å². The smallest absolute Gasteiger partial charge is 0.335 e. The van der Waals surface area contributed by atoms with Crippen LogP contribution in [0.5, 0.6) is 0 Å². The van der Waals surface area contributed by atoms with Crippen LogP contribution in [-0.4, -0.2) is 88.4 Å². The lowest BCUT2D eigenvalue weighted by molar-refractivity contribution is -0.298. The molecule has 1 aliphatic heterocycles. The fourth-order valence-electron chi connectivity index (χ4n) is 7.65. The Morgan fingerprint density at radius 2 is 0.922 bits per heavy atom. The third kappa shape index (κ3) is 33.6. The highest BCUT2D eigenvalue weighted by Gasteiger charge is 2.47. The van der Waals surface area contributed by atoms with Crippen LogP contribution in [0.4, 0.5) is 0 Å². The summed E-state index contributed by atoms with van der Waals surface area (Å²) in [7, 11) is 0. The van der Waals surface area contributed by atoms with Crippen molar-refractivity contribution in [1.29, 1.82) is 0 Å². The molecule has 6 unspecified atom stereocenters. The standard InChI is InChI=1S/C53H92O11/c1-3-5-7-9-11-13-15-17-19-21-22-23-24-26-28-30-32-34-36-38-40-42-47(55)63-45(44-62-53-50(58)48(56)49(57)51(64-53)52(59)60)43-61-46(54)41-39-37-35-33-31-29-27-25-20-18-16-14-12-10-8-6-4-2/h6,8,12,14,18,20-22,45,48-51,53,56-58H,3-5,7,9-11,13,15-17,19,23-44H2,1-2H3,(H,59,60)/b8-6-,14-12-,20-18-,22-21-. The van der Waals surface area contributed by atoms with Crippen molar-refractivity contribution in [3.8, 4) is 0 Å². The van der Waals surface area contributed by atoms with Gasteiger partial charge in [0.05, 0.1) is 6.61 Å². The number of esters is 2. The molecular weight excluding hydrogens is 813 g/mol. The number of aliphatic hydroxyl groups is 3. The third-order valence-electron chi connectivity index (χ3n) is 11.7. The van der Waals surface area contributed by atoms with Gasteiger partial charge in [-0.15, -0.1) is 0 Å². The Morgan fingerprint density at radius 1 is 0.500 bits per heavy atom. The number of aliphatic hydroxyl groups excluding tert-OH is 3. The fraction of sp³-hybridized carbons (Fsp3) is 0.792. The van der Waals surface area contributed by atoms with Crippen LogP contribution >= 0.6 is 0 Å². The molecule has 0 bridgehead atoms. The van der Waals surface area contributed by atoms with E-state index in [1.54, 1.807) is 0 Å². The Balaban J connectivity index is 2.30. The molecule has 6 atom stereocenters. The molecule has 64 heavy (non-hydrogen) atoms. The second kappa shape index (κ2) is 42.8. The predicted molar refractivity (Wildman–Crippen MR) is 257 cm³/mol. The highest BCUT2D eigenvalue weighted by atomic mass is 16.7. The van der Waals surface area contributed by atoms with Crippen molar-refractivity contribution in [3.05, 3.63) is 48.6 Å². The van der Waals surface area contributed by atoms with E-state index in [4.69, 9.17) is 18.9 Å². The average Bonchev–Trinajstić information content (AvgIpc) is 3.28. The number of carboxylic acid groups (broad SMARTS) is 1. The molecule has 11 nitrogen and oxygen atoms in total. The van der Waals surface area contributed by atoms with Crippen molar-refractivity contribution in [2.75, 3.05) is 13.2 Å². The maximum absolute atomic E-state index is 12.8. The molecule has 1 aliphatic rings. The zero-order valence-corrected chi connectivity index (χ0v) is 40.3. The number of unbranched alkanes of at least 4 members (excludes halogenated alkanes) is 24. The first kappa shape index (κ1) is 59.2. The molecule has 0 aromatic heterocycles. The summed E-state index contributed by atoms with van der Waals surface area (Å²) in [6.07, 6.45) is 43.0. The van der Waals surface area contributed by atoms with Crippen LogP contribution in [0.1, 0.15) is 219 Å². The van der Waals surface area contributed by atoms with Crippen LogP contribution in [0, 0.1) is 0 Å². The van der Waals surface area contributed by atoms with Gasteiger partial charge in [0.15, 0.2) is 18.5 Å². The zero-order valence-electron chi connectivity index (χ0n) is 40.3. The number of aliphatic carboxylic acids is 1. The van der Waals surface area contributed by atoms with E-state index in [2.05, 4.69) is 62.5 Å². The van der Waals surface area contributed by atoms with Gasteiger partial charge in [-0.2, -0.15) is 0 Å². The van der Waals surface area contributed by atoms with E-state index in [0.29, 0.717) is 12.8 Å². The third-order valence-corrected chi connectivity index (χ3v) is 11.7. The summed E-state index contributed by atoms with van der Waals surface area (Å²) in [6, 6.07) is 0. The molecule has 0 aromatic rings. The highest BCUT2D eigenvalue weighted by Crippen LogP contribution is 2.23. The van der Waals surface area contributed by atoms with Crippen LogP contribution in [-0.2, 0) is 33.3 Å². The van der Waals surface area contributed by atoms with Gasteiger partial charge in [-0.3, -0.25) is 9.59 Å². The fourth-order valence-corrected chi connectivity index (χ4v) is 7.65. The Bertz CT molecular complexity index is 1250. The van der Waals surface area contributed by atoms with Crippen LogP contribution in [0.15, 0.2) is 48.6 Å². The van der Waals surface area contributed by atoms with Gasteiger partial charge in [-0.1, -0.05) is 184 Å². The van der Waals surface area contributed by atoms with Gasteiger partial charge in [-0.25, -0.2) is 4.79 Å². The van der Waals surface area contributed by atoms with Crippen molar-refractivity contribution >= 4 is 17.9 Å². The maximum atomic E-state index is 12.8. The molecule has 0 spiro atoms. The lowest BCUT2D eigenvalue weighted by Gasteiger charge is -2.38. The number of carbonyl (C=O) groups is 3. The molecule has 370 valence electrons. The van der Waals surface area contributed by atoms with Crippen molar-refractivity contribution in [2.45, 2.75) is 256 Å². The summed E-state index contributed by atoms with van der Waals surface area (Å²) < 4.78 is 21.8. The Labute approximate surface area is 388 Å². The molecular formula is C53H92O11. The molecule has 0 aromatic carbocycles. The number of hydrogen-bond acceptors (Lipinski definition) is 10. The van der Waals surface area contributed by atoms with E-state index in [0.717, 1.165) is 70.6 Å². The first-order valence-electron chi connectivity index (χ1n) is 25.7. The highest BCUT2D eigenvalue weighted by molar-refractivity contribution is 5.73. The van der Waals surface area contributed by atoms with E-state index in [1.807, 2.05) is 0 Å². The van der Waals surface area contributed by atoms with Gasteiger partial charge in [0.25, 0.3) is 0 Å². The second-order valence-corrected chi connectivity index (χ2v) is 17.6. The monoisotopic (exact) mass is 905 g/mol. The minimum absolute atomic E-state index is 0.178. The second-order valence-electron chi connectivity index (χ2n) is 17.6. The Kier molecular flexibility index (Phi) is 39.6. The van der Waals surface area contributed by atoms with Gasteiger partial charge in [-0.05, 0) is 70.6 Å². The molecule has 1 rings (SSSR count). The summed E-state index contributed by atoms with van der Waals surface area (Å²) in [4.78, 5) is 37.0. The van der Waals surface area contributed by atoms with E-state index < -0.39 is 61.3 Å². The molecule has 1 saturated heterocycles. The Morgan fingerprint density at radius 3 is 1.41 bits per heavy atom. The largest absolute Gasteiger partial charge is 0.479 e. The topological polar surface area (TPSA) is 169 Å². The lowest BCUT2D eigenvalue weighted by atomic mass is 9.99. The first-order chi connectivity index (χ1) is 31.2. The number of hydrogen-bond donors (Lipinski definition) is 4. The number of allylic oxidation sites excluding steroid dienone is 8. The normalized spacial score (nSPS) is 19.7. The summed E-state index contributed by atoms with van der Waals surface area (Å²) >= 11 is 0. The van der Waals surface area contributed by atoms with Crippen LogP contribution in [0.3, 0.4) is 0 Å². The molecule has 0 radical (unpaired) electrons. The first-order valence-corrected chi connectivity index (χ1v) is 25.7. The summed E-state index contributed by atoms with van der Waals surface area (Å²) in [5.41, 5.74) is 0. The van der Waals surface area contributed by atoms with Gasteiger partial charge in [0.2, 0.25) is 0 Å². The number of rotatable bonds is 43. The molecule has 11 heteroatoms. The number of ether oxygens (including phenoxy) is 4. The zero-order chi connectivity index (χ0) is 46.7. The van der Waals surface area contributed by atoms with Crippen molar-refractivity contribution < 1.29 is 53.8 Å². The Hall–Kier alpha value is -2.83. The van der Waals surface area contributed by atoms with Crippen LogP contribution < -0.4 is 0 Å². The SMILES string of the molecule is CC/C=C\C/C=C\C/C=C\CCCCCCCCCC(=O)OCC(COC1OC(C(=O)O)C(O)C(O)C1O)OC(=O)CCCCCCCCCCC/C=C\CCCCCCCCCC. The minimum atomic E-state index is -1.86. The van der Waals surface area contributed by atoms with Gasteiger partial charge < -0.3 is 39.4 Å². The lowest BCUT2D eigenvalue weighted by Crippen LogP contribution is -2.60. The van der Waals surface area contributed by atoms with Crippen molar-refractivity contribution in [2.24, 2.45) is 0 Å². The van der Waals surface area contributed by atoms with E-state index in [9.17, 15) is 34.8 Å². The number of carboxylic acids is 1. The quantitative estimate of drug-likeness (QED) is 0.0261. The minimum Gasteiger partial charge on any atom is -0.479 e. The predicted octanol–water partition coefficient (Wildman–Crippen LogP) is 12.1. The van der Waals surface area contributed by atoms with E-state index in [-0.39, 0.29) is 19.4 Å². The number of carbonyl (C=O) groups excluding carboxylic acids is 2. The summed E-state index contributed by atoms with van der Waals surface area (Å²) in [5.74, 6) is -2.45. The van der Waals surface area contributed by atoms with Gasteiger partial charge in [0.1, 0.15) is 24.9 Å². The molecule has 4 N–H and O–H groups in total. The molecule has 0 aliphatic carbocycles.